The Labute approximate surface area is 123 Å². The summed E-state index contributed by atoms with van der Waals surface area (Å²) in [6.45, 7) is 0. The molecule has 0 bridgehead atoms. The second kappa shape index (κ2) is 6.38. The molecule has 0 aliphatic rings. The zero-order valence-corrected chi connectivity index (χ0v) is 11.1. The first kappa shape index (κ1) is 15.7. The van der Waals surface area contributed by atoms with E-state index in [1.54, 1.807) is 0 Å². The van der Waals surface area contributed by atoms with Crippen molar-refractivity contribution >= 4 is 12.1 Å². The summed E-state index contributed by atoms with van der Waals surface area (Å²) in [5.41, 5.74) is 0.663. The summed E-state index contributed by atoms with van der Waals surface area (Å²) >= 11 is 0. The number of rotatable bonds is 3. The van der Waals surface area contributed by atoms with Gasteiger partial charge in [-0.05, 0) is 18.2 Å². The van der Waals surface area contributed by atoms with Crippen molar-refractivity contribution < 1.29 is 22.4 Å². The Bertz CT molecular complexity index is 711. The molecule has 2 aromatic rings. The molecule has 0 saturated heterocycles. The largest absolute Gasteiger partial charge is 0.417 e. The lowest BCUT2D eigenvalue weighted by molar-refractivity contribution is -0.137. The Hall–Kier alpha value is -2.70. The van der Waals surface area contributed by atoms with E-state index < -0.39 is 23.5 Å². The number of nitrogens with zero attached hydrogens (tertiary/aromatic N) is 1. The normalized spacial score (nSPS) is 11.6. The topological polar surface area (TPSA) is 41.5 Å². The van der Waals surface area contributed by atoms with Crippen molar-refractivity contribution in [2.24, 2.45) is 5.10 Å². The highest BCUT2D eigenvalue weighted by atomic mass is 19.4. The second-order valence-electron chi connectivity index (χ2n) is 4.26. The third-order valence-electron chi connectivity index (χ3n) is 2.75. The predicted octanol–water partition coefficient (Wildman–Crippen LogP) is 3.61. The van der Waals surface area contributed by atoms with Crippen LogP contribution in [-0.4, -0.2) is 12.1 Å². The van der Waals surface area contributed by atoms with E-state index in [0.717, 1.165) is 18.3 Å². The van der Waals surface area contributed by atoms with Crippen LogP contribution in [0.4, 0.5) is 17.6 Å². The number of hydrogen-bond acceptors (Lipinski definition) is 2. The molecule has 7 heteroatoms. The first-order chi connectivity index (χ1) is 10.4. The first-order valence-corrected chi connectivity index (χ1v) is 6.14. The highest BCUT2D eigenvalue weighted by molar-refractivity contribution is 5.95. The molecule has 3 nitrogen and oxygen atoms in total. The summed E-state index contributed by atoms with van der Waals surface area (Å²) in [4.78, 5) is 11.7. The molecule has 0 unspecified atom stereocenters. The molecule has 1 N–H and O–H groups in total. The van der Waals surface area contributed by atoms with Crippen molar-refractivity contribution in [3.8, 4) is 0 Å². The van der Waals surface area contributed by atoms with Crippen molar-refractivity contribution in [2.75, 3.05) is 0 Å². The summed E-state index contributed by atoms with van der Waals surface area (Å²) in [6, 6.07) is 9.98. The van der Waals surface area contributed by atoms with E-state index in [2.05, 4.69) is 5.10 Å². The minimum absolute atomic E-state index is 0.205. The number of carbonyl (C=O) groups excluding carboxylic acids is 1. The lowest BCUT2D eigenvalue weighted by Gasteiger charge is -2.09. The molecular formula is C15H10F4N2O. The van der Waals surface area contributed by atoms with Crippen LogP contribution in [0.25, 0.3) is 0 Å². The molecule has 0 fully saturated rings. The molecule has 114 valence electrons. The lowest BCUT2D eigenvalue weighted by atomic mass is 10.1. The maximum atomic E-state index is 13.3. The summed E-state index contributed by atoms with van der Waals surface area (Å²) in [7, 11) is 0. The van der Waals surface area contributed by atoms with Crippen LogP contribution in [0.5, 0.6) is 0 Å². The van der Waals surface area contributed by atoms with E-state index >= 15 is 0 Å². The minimum atomic E-state index is -4.53. The van der Waals surface area contributed by atoms with Crippen LogP contribution in [0.2, 0.25) is 0 Å². The van der Waals surface area contributed by atoms with Gasteiger partial charge < -0.3 is 0 Å². The van der Waals surface area contributed by atoms with Gasteiger partial charge in [-0.2, -0.15) is 18.3 Å². The summed E-state index contributed by atoms with van der Waals surface area (Å²) in [6.07, 6.45) is -3.67. The number of hydrogen-bond donors (Lipinski definition) is 1. The third kappa shape index (κ3) is 3.69. The van der Waals surface area contributed by atoms with E-state index in [9.17, 15) is 22.4 Å². The van der Waals surface area contributed by atoms with Crippen molar-refractivity contribution in [3.05, 3.63) is 71.0 Å². The Morgan fingerprint density at radius 3 is 2.36 bits per heavy atom. The van der Waals surface area contributed by atoms with Crippen LogP contribution in [0.3, 0.4) is 0 Å². The van der Waals surface area contributed by atoms with Gasteiger partial charge in [0.25, 0.3) is 5.91 Å². The van der Waals surface area contributed by atoms with Crippen LogP contribution >= 0.6 is 0 Å². The molecule has 2 rings (SSSR count). The average Bonchev–Trinajstić information content (AvgIpc) is 2.47. The Morgan fingerprint density at radius 1 is 1.05 bits per heavy atom. The number of benzene rings is 2. The zero-order valence-electron chi connectivity index (χ0n) is 11.1. The number of carbonyl (C=O) groups is 1. The predicted molar refractivity (Wildman–Crippen MR) is 72.9 cm³/mol. The fourth-order valence-electron chi connectivity index (χ4n) is 1.73. The van der Waals surface area contributed by atoms with E-state index in [1.807, 2.05) is 5.43 Å². The maximum Gasteiger partial charge on any atom is 0.417 e. The van der Waals surface area contributed by atoms with E-state index in [0.29, 0.717) is 0 Å². The Morgan fingerprint density at radius 2 is 1.68 bits per heavy atom. The van der Waals surface area contributed by atoms with Crippen molar-refractivity contribution in [3.63, 3.8) is 0 Å². The number of nitrogens with one attached hydrogen (secondary N) is 1. The van der Waals surface area contributed by atoms with Crippen LogP contribution in [0.15, 0.2) is 53.6 Å². The lowest BCUT2D eigenvalue weighted by Crippen LogP contribution is -2.19. The molecule has 22 heavy (non-hydrogen) atoms. The molecule has 2 aromatic carbocycles. The molecule has 0 aliphatic heterocycles. The van der Waals surface area contributed by atoms with Gasteiger partial charge in [0.05, 0.1) is 17.3 Å². The van der Waals surface area contributed by atoms with E-state index in [4.69, 9.17) is 0 Å². The molecule has 0 spiro atoms. The van der Waals surface area contributed by atoms with Gasteiger partial charge in [-0.25, -0.2) is 9.82 Å². The molecule has 0 saturated carbocycles. The van der Waals surface area contributed by atoms with Gasteiger partial charge in [-0.3, -0.25) is 4.79 Å². The van der Waals surface area contributed by atoms with Crippen LogP contribution in [0, 0.1) is 5.82 Å². The summed E-state index contributed by atoms with van der Waals surface area (Å²) in [5.74, 6) is -1.59. The van der Waals surface area contributed by atoms with Gasteiger partial charge >= 0.3 is 6.18 Å². The minimum Gasteiger partial charge on any atom is -0.267 e. The standard InChI is InChI=1S/C15H10F4N2O/c16-13-8-4-2-6-11(13)14(22)21-20-9-10-5-1-3-7-12(10)15(17,18)19/h1-9H,(H,21,22)/b20-9-. The summed E-state index contributed by atoms with van der Waals surface area (Å²) < 4.78 is 51.6. The number of alkyl halides is 3. The zero-order chi connectivity index (χ0) is 16.2. The van der Waals surface area contributed by atoms with Crippen molar-refractivity contribution in [2.45, 2.75) is 6.18 Å². The SMILES string of the molecule is O=C(N/N=C\c1ccccc1C(F)(F)F)c1ccccc1F. The highest BCUT2D eigenvalue weighted by Gasteiger charge is 2.32. The van der Waals surface area contributed by atoms with Gasteiger partial charge in [-0.15, -0.1) is 0 Å². The smallest absolute Gasteiger partial charge is 0.267 e. The van der Waals surface area contributed by atoms with Crippen LogP contribution in [0.1, 0.15) is 21.5 Å². The molecule has 0 heterocycles. The number of hydrazone groups is 1. The van der Waals surface area contributed by atoms with Crippen molar-refractivity contribution in [1.29, 1.82) is 0 Å². The van der Waals surface area contributed by atoms with Crippen LogP contribution < -0.4 is 5.43 Å². The average molecular weight is 310 g/mol. The van der Waals surface area contributed by atoms with E-state index in [-0.39, 0.29) is 11.1 Å². The maximum absolute atomic E-state index is 13.3. The van der Waals surface area contributed by atoms with Crippen molar-refractivity contribution in [1.82, 2.24) is 5.43 Å². The molecule has 0 aliphatic carbocycles. The first-order valence-electron chi connectivity index (χ1n) is 6.14. The number of amides is 1. The monoisotopic (exact) mass is 310 g/mol. The Kier molecular flexibility index (Phi) is 4.55. The summed E-state index contributed by atoms with van der Waals surface area (Å²) in [5, 5.41) is 3.44. The van der Waals surface area contributed by atoms with Gasteiger partial charge in [0, 0.05) is 5.56 Å². The molecule has 0 radical (unpaired) electrons. The van der Waals surface area contributed by atoms with Gasteiger partial charge in [0.2, 0.25) is 0 Å². The molecule has 0 atom stereocenters. The molecule has 1 amide bonds. The van der Waals surface area contributed by atoms with Gasteiger partial charge in [-0.1, -0.05) is 30.3 Å². The molecular weight excluding hydrogens is 300 g/mol. The van der Waals surface area contributed by atoms with E-state index in [1.165, 1.54) is 36.4 Å². The number of halogens is 4. The molecule has 0 aromatic heterocycles. The van der Waals surface area contributed by atoms with Gasteiger partial charge in [0.15, 0.2) is 0 Å². The quantitative estimate of drug-likeness (QED) is 0.525. The van der Waals surface area contributed by atoms with Crippen LogP contribution in [-0.2, 0) is 6.18 Å². The second-order valence-corrected chi connectivity index (χ2v) is 4.26. The van der Waals surface area contributed by atoms with Gasteiger partial charge in [0.1, 0.15) is 5.82 Å². The fourth-order valence-corrected chi connectivity index (χ4v) is 1.73. The third-order valence-corrected chi connectivity index (χ3v) is 2.75. The Balaban J connectivity index is 2.14. The fraction of sp³-hybridized carbons (Fsp3) is 0.0667. The highest BCUT2D eigenvalue weighted by Crippen LogP contribution is 2.30.